The van der Waals surface area contributed by atoms with E-state index in [0.717, 1.165) is 22.1 Å². The van der Waals surface area contributed by atoms with Gasteiger partial charge in [-0.15, -0.1) is 0 Å². The van der Waals surface area contributed by atoms with Crippen molar-refractivity contribution in [3.8, 4) is 0 Å². The molecule has 0 spiro atoms. The maximum atomic E-state index is 11.3. The molecule has 1 aliphatic heterocycles. The number of aliphatic hydroxyl groups excluding tert-OH is 1. The SMILES string of the molecule is O[C@@H](/C=C/c1ccccc1)[C@H](c1ccc2ccccc2c1)[C@@H]1COC(c2ccccc2)=N1. The molecular weight excluding hydrogens is 394 g/mol. The molecule has 4 aromatic rings. The second kappa shape index (κ2) is 9.21. The summed E-state index contributed by atoms with van der Waals surface area (Å²) >= 11 is 0. The number of hydrogen-bond donors (Lipinski definition) is 1. The van der Waals surface area contributed by atoms with E-state index in [0.29, 0.717) is 12.5 Å². The molecule has 0 aromatic heterocycles. The van der Waals surface area contributed by atoms with Crippen LogP contribution in [0.2, 0.25) is 0 Å². The maximum Gasteiger partial charge on any atom is 0.216 e. The summed E-state index contributed by atoms with van der Waals surface area (Å²) in [5, 5.41) is 13.6. The first-order chi connectivity index (χ1) is 15.8. The van der Waals surface area contributed by atoms with Gasteiger partial charge in [-0.3, -0.25) is 0 Å². The van der Waals surface area contributed by atoms with Gasteiger partial charge in [-0.25, -0.2) is 4.99 Å². The van der Waals surface area contributed by atoms with Crippen molar-refractivity contribution >= 4 is 22.7 Å². The van der Waals surface area contributed by atoms with Crippen molar-refractivity contribution in [3.63, 3.8) is 0 Å². The third-order valence-corrected chi connectivity index (χ3v) is 5.92. The Morgan fingerprint density at radius 1 is 0.812 bits per heavy atom. The second-order valence-corrected chi connectivity index (χ2v) is 8.07. The summed E-state index contributed by atoms with van der Waals surface area (Å²) in [6, 6.07) is 34.4. The minimum absolute atomic E-state index is 0.179. The topological polar surface area (TPSA) is 41.8 Å². The Balaban J connectivity index is 1.51. The lowest BCUT2D eigenvalue weighted by Gasteiger charge is -2.25. The van der Waals surface area contributed by atoms with Crippen molar-refractivity contribution in [3.05, 3.63) is 126 Å². The summed E-state index contributed by atoms with van der Waals surface area (Å²) in [5.41, 5.74) is 3.07. The lowest BCUT2D eigenvalue weighted by molar-refractivity contribution is 0.165. The minimum Gasteiger partial charge on any atom is -0.475 e. The van der Waals surface area contributed by atoms with E-state index < -0.39 is 6.10 Å². The van der Waals surface area contributed by atoms with E-state index in [9.17, 15) is 5.11 Å². The molecule has 3 heteroatoms. The van der Waals surface area contributed by atoms with Crippen molar-refractivity contribution in [1.82, 2.24) is 0 Å². The van der Waals surface area contributed by atoms with Crippen LogP contribution < -0.4 is 0 Å². The van der Waals surface area contributed by atoms with Crippen LogP contribution in [-0.4, -0.2) is 29.8 Å². The van der Waals surface area contributed by atoms with Crippen LogP contribution in [0.1, 0.15) is 22.6 Å². The second-order valence-electron chi connectivity index (χ2n) is 8.07. The van der Waals surface area contributed by atoms with E-state index in [1.165, 1.54) is 5.39 Å². The van der Waals surface area contributed by atoms with Crippen LogP contribution in [0.3, 0.4) is 0 Å². The molecule has 3 atom stereocenters. The molecule has 0 unspecified atom stereocenters. The molecule has 1 N–H and O–H groups in total. The first-order valence-electron chi connectivity index (χ1n) is 10.9. The quantitative estimate of drug-likeness (QED) is 0.426. The van der Waals surface area contributed by atoms with E-state index in [1.807, 2.05) is 84.9 Å². The molecule has 0 fully saturated rings. The third-order valence-electron chi connectivity index (χ3n) is 5.92. The van der Waals surface area contributed by atoms with Gasteiger partial charge < -0.3 is 9.84 Å². The fraction of sp³-hybridized carbons (Fsp3) is 0.138. The molecule has 0 amide bonds. The first-order valence-corrected chi connectivity index (χ1v) is 10.9. The highest BCUT2D eigenvalue weighted by Crippen LogP contribution is 2.32. The van der Waals surface area contributed by atoms with Gasteiger partial charge in [-0.1, -0.05) is 103 Å². The van der Waals surface area contributed by atoms with E-state index in [1.54, 1.807) is 0 Å². The Morgan fingerprint density at radius 2 is 1.50 bits per heavy atom. The number of aliphatic hydroxyl groups is 1. The first kappa shape index (κ1) is 20.2. The fourth-order valence-corrected chi connectivity index (χ4v) is 4.27. The standard InChI is InChI=1S/C29H25NO2/c31-27(18-15-21-9-3-1-4-10-21)28(25-17-16-22-11-7-8-14-24(22)19-25)26-20-32-29(30-26)23-12-5-2-6-13-23/h1-19,26-28,31H,20H2/b18-15+/t26-,27-,28+/m0/s1. The zero-order valence-corrected chi connectivity index (χ0v) is 17.7. The molecule has 5 rings (SSSR count). The van der Waals surface area contributed by atoms with Gasteiger partial charge in [0.15, 0.2) is 0 Å². The molecule has 0 saturated heterocycles. The molecular formula is C29H25NO2. The van der Waals surface area contributed by atoms with E-state index in [4.69, 9.17) is 9.73 Å². The zero-order chi connectivity index (χ0) is 21.8. The van der Waals surface area contributed by atoms with Gasteiger partial charge in [-0.2, -0.15) is 0 Å². The predicted molar refractivity (Wildman–Crippen MR) is 131 cm³/mol. The van der Waals surface area contributed by atoms with E-state index in [2.05, 4.69) is 30.3 Å². The van der Waals surface area contributed by atoms with Crippen LogP contribution in [0.5, 0.6) is 0 Å². The normalized spacial score (nSPS) is 17.8. The van der Waals surface area contributed by atoms with Crippen molar-refractivity contribution < 1.29 is 9.84 Å². The third kappa shape index (κ3) is 4.34. The molecule has 0 bridgehead atoms. The lowest BCUT2D eigenvalue weighted by atomic mass is 9.85. The van der Waals surface area contributed by atoms with E-state index >= 15 is 0 Å². The average molecular weight is 420 g/mol. The zero-order valence-electron chi connectivity index (χ0n) is 17.7. The van der Waals surface area contributed by atoms with Crippen LogP contribution in [0.4, 0.5) is 0 Å². The van der Waals surface area contributed by atoms with Gasteiger partial charge in [0.2, 0.25) is 5.90 Å². The lowest BCUT2D eigenvalue weighted by Crippen LogP contribution is -2.28. The Hall–Kier alpha value is -3.69. The van der Waals surface area contributed by atoms with Gasteiger partial charge in [0.1, 0.15) is 6.61 Å². The minimum atomic E-state index is -0.705. The van der Waals surface area contributed by atoms with Crippen molar-refractivity contribution in [2.45, 2.75) is 18.1 Å². The highest BCUT2D eigenvalue weighted by Gasteiger charge is 2.33. The Bertz CT molecular complexity index is 1250. The van der Waals surface area contributed by atoms with Gasteiger partial charge >= 0.3 is 0 Å². The summed E-state index contributed by atoms with van der Waals surface area (Å²) in [6.45, 7) is 0.442. The van der Waals surface area contributed by atoms with Gasteiger partial charge in [-0.05, 0) is 34.0 Å². The molecule has 0 radical (unpaired) electrons. The predicted octanol–water partition coefficient (Wildman–Crippen LogP) is 5.84. The molecule has 3 nitrogen and oxygen atoms in total. The van der Waals surface area contributed by atoms with Gasteiger partial charge in [0.25, 0.3) is 0 Å². The molecule has 158 valence electrons. The molecule has 4 aromatic carbocycles. The number of ether oxygens (including phenoxy) is 1. The van der Waals surface area contributed by atoms with Crippen molar-refractivity contribution in [1.29, 1.82) is 0 Å². The van der Waals surface area contributed by atoms with Gasteiger partial charge in [0.05, 0.1) is 12.1 Å². The summed E-state index contributed by atoms with van der Waals surface area (Å²) < 4.78 is 5.97. The van der Waals surface area contributed by atoms with Crippen LogP contribution >= 0.6 is 0 Å². The number of aliphatic imine (C=N–C) groups is 1. The smallest absolute Gasteiger partial charge is 0.216 e. The Morgan fingerprint density at radius 3 is 2.28 bits per heavy atom. The van der Waals surface area contributed by atoms with Crippen molar-refractivity contribution in [2.75, 3.05) is 6.61 Å². The molecule has 1 aliphatic rings. The molecule has 0 aliphatic carbocycles. The van der Waals surface area contributed by atoms with Gasteiger partial charge in [0, 0.05) is 11.5 Å². The summed E-state index contributed by atoms with van der Waals surface area (Å²) in [4.78, 5) is 4.89. The maximum absolute atomic E-state index is 11.3. The van der Waals surface area contributed by atoms with Crippen LogP contribution in [0, 0.1) is 0 Å². The summed E-state index contributed by atoms with van der Waals surface area (Å²) in [7, 11) is 0. The summed E-state index contributed by atoms with van der Waals surface area (Å²) in [5.74, 6) is 0.418. The number of benzene rings is 4. The number of fused-ring (bicyclic) bond motifs is 1. The number of rotatable bonds is 6. The van der Waals surface area contributed by atoms with Crippen LogP contribution in [-0.2, 0) is 4.74 Å². The monoisotopic (exact) mass is 419 g/mol. The average Bonchev–Trinajstić information content (AvgIpc) is 3.34. The number of hydrogen-bond acceptors (Lipinski definition) is 3. The molecule has 1 heterocycles. The van der Waals surface area contributed by atoms with Crippen LogP contribution in [0.15, 0.2) is 114 Å². The molecule has 0 saturated carbocycles. The largest absolute Gasteiger partial charge is 0.475 e. The van der Waals surface area contributed by atoms with Crippen LogP contribution in [0.25, 0.3) is 16.8 Å². The highest BCUT2D eigenvalue weighted by molar-refractivity contribution is 5.95. The summed E-state index contributed by atoms with van der Waals surface area (Å²) in [6.07, 6.45) is 3.13. The Kier molecular flexibility index (Phi) is 5.82. The number of nitrogens with zero attached hydrogens (tertiary/aromatic N) is 1. The Labute approximate surface area is 188 Å². The van der Waals surface area contributed by atoms with E-state index in [-0.39, 0.29) is 12.0 Å². The molecule has 32 heavy (non-hydrogen) atoms. The van der Waals surface area contributed by atoms with Crippen molar-refractivity contribution in [2.24, 2.45) is 4.99 Å². The fourth-order valence-electron chi connectivity index (χ4n) is 4.27. The highest BCUT2D eigenvalue weighted by atomic mass is 16.5.